The zero-order valence-corrected chi connectivity index (χ0v) is 13.5. The van der Waals surface area contributed by atoms with Crippen molar-refractivity contribution in [1.29, 1.82) is 0 Å². The van der Waals surface area contributed by atoms with Gasteiger partial charge >= 0.3 is 0 Å². The summed E-state index contributed by atoms with van der Waals surface area (Å²) in [6, 6.07) is 0.653. The highest BCUT2D eigenvalue weighted by Crippen LogP contribution is 2.26. The molecular weight excluding hydrogens is 312 g/mol. The smallest absolute Gasteiger partial charge is 0.260 e. The summed E-state index contributed by atoms with van der Waals surface area (Å²) in [7, 11) is -3.50. The van der Waals surface area contributed by atoms with Crippen molar-refractivity contribution < 1.29 is 8.42 Å². The molecule has 0 radical (unpaired) electrons. The van der Waals surface area contributed by atoms with Gasteiger partial charge < -0.3 is 0 Å². The third-order valence-electron chi connectivity index (χ3n) is 4.53. The highest BCUT2D eigenvalue weighted by molar-refractivity contribution is 7.89. The average Bonchev–Trinajstić information content (AvgIpc) is 3.18. The van der Waals surface area contributed by atoms with Gasteiger partial charge in [0.15, 0.2) is 5.03 Å². The zero-order valence-electron chi connectivity index (χ0n) is 12.0. The molecule has 1 saturated heterocycles. The number of nitrogens with zero attached hydrogens (tertiary/aromatic N) is 3. The first kappa shape index (κ1) is 15.3. The summed E-state index contributed by atoms with van der Waals surface area (Å²) in [5.41, 5.74) is 0.537. The van der Waals surface area contributed by atoms with Gasteiger partial charge in [-0.3, -0.25) is 10.00 Å². The molecule has 0 atom stereocenters. The van der Waals surface area contributed by atoms with Crippen molar-refractivity contribution in [1.82, 2.24) is 19.4 Å². The molecule has 1 N–H and O–H groups in total. The number of rotatable bonds is 4. The Balaban J connectivity index is 1.68. The summed E-state index contributed by atoms with van der Waals surface area (Å²) in [4.78, 5) is 2.44. The van der Waals surface area contributed by atoms with Crippen molar-refractivity contribution in [3.63, 3.8) is 0 Å². The Morgan fingerprint density at radius 1 is 1.24 bits per heavy atom. The molecule has 2 heterocycles. The monoisotopic (exact) mass is 332 g/mol. The molecule has 1 aliphatic heterocycles. The molecule has 21 heavy (non-hydrogen) atoms. The third-order valence-corrected chi connectivity index (χ3v) is 6.74. The molecular formula is C13H21ClN4O2S. The standard InChI is InChI=1S/C13H21ClN4O2S/c14-9-11-10-15-16-13(11)21(19,20)18-7-5-17(6-8-18)12-3-1-2-4-12/h10,12H,1-9H2,(H,15,16). The Labute approximate surface area is 130 Å². The number of hydrogen-bond acceptors (Lipinski definition) is 4. The molecule has 0 amide bonds. The number of hydrogen-bond donors (Lipinski definition) is 1. The highest BCUT2D eigenvalue weighted by atomic mass is 35.5. The molecule has 2 aliphatic rings. The van der Waals surface area contributed by atoms with Crippen LogP contribution < -0.4 is 0 Å². The van der Waals surface area contributed by atoms with Crippen LogP contribution >= 0.6 is 11.6 Å². The molecule has 3 rings (SSSR count). The van der Waals surface area contributed by atoms with Gasteiger partial charge in [-0.15, -0.1) is 11.6 Å². The first-order valence-corrected chi connectivity index (χ1v) is 9.43. The molecule has 0 spiro atoms. The Hall–Kier alpha value is -0.630. The molecule has 118 valence electrons. The molecule has 1 aromatic rings. The van der Waals surface area contributed by atoms with Crippen LogP contribution in [0.3, 0.4) is 0 Å². The Morgan fingerprint density at radius 2 is 1.90 bits per heavy atom. The SMILES string of the molecule is O=S(=O)(c1[nH]ncc1CCl)N1CCN(C2CCCC2)CC1. The fraction of sp³-hybridized carbons (Fsp3) is 0.769. The van der Waals surface area contributed by atoms with E-state index < -0.39 is 10.0 Å². The van der Waals surface area contributed by atoms with Crippen molar-refractivity contribution in [2.24, 2.45) is 0 Å². The van der Waals surface area contributed by atoms with Crippen LogP contribution in [0.4, 0.5) is 0 Å². The van der Waals surface area contributed by atoms with Crippen LogP contribution in [0, 0.1) is 0 Å². The largest absolute Gasteiger partial charge is 0.298 e. The van der Waals surface area contributed by atoms with Gasteiger partial charge in [-0.05, 0) is 12.8 Å². The van der Waals surface area contributed by atoms with E-state index in [2.05, 4.69) is 15.1 Å². The Bertz CT molecular complexity index is 575. The van der Waals surface area contributed by atoms with Crippen LogP contribution in [0.15, 0.2) is 11.2 Å². The quantitative estimate of drug-likeness (QED) is 0.846. The lowest BCUT2D eigenvalue weighted by molar-refractivity contribution is 0.138. The van der Waals surface area contributed by atoms with E-state index in [4.69, 9.17) is 11.6 Å². The van der Waals surface area contributed by atoms with Crippen LogP contribution in [0.1, 0.15) is 31.2 Å². The normalized spacial score (nSPS) is 22.9. The Kier molecular flexibility index (Phi) is 4.54. The van der Waals surface area contributed by atoms with E-state index in [1.54, 1.807) is 4.31 Å². The lowest BCUT2D eigenvalue weighted by atomic mass is 10.2. The van der Waals surface area contributed by atoms with E-state index in [1.165, 1.54) is 31.9 Å². The van der Waals surface area contributed by atoms with Gasteiger partial charge in [0, 0.05) is 37.8 Å². The van der Waals surface area contributed by atoms with E-state index in [-0.39, 0.29) is 10.9 Å². The number of alkyl halides is 1. The molecule has 8 heteroatoms. The van der Waals surface area contributed by atoms with Crippen molar-refractivity contribution in [3.8, 4) is 0 Å². The molecule has 0 unspecified atom stereocenters. The summed E-state index contributed by atoms with van der Waals surface area (Å²) in [6.07, 6.45) is 6.59. The number of aromatic nitrogens is 2. The summed E-state index contributed by atoms with van der Waals surface area (Å²) in [6.45, 7) is 2.71. The number of nitrogens with one attached hydrogen (secondary N) is 1. The molecule has 1 aliphatic carbocycles. The fourth-order valence-corrected chi connectivity index (χ4v) is 5.13. The molecule has 1 aromatic heterocycles. The predicted molar refractivity (Wildman–Crippen MR) is 80.7 cm³/mol. The first-order chi connectivity index (χ1) is 10.1. The second-order valence-electron chi connectivity index (χ2n) is 5.74. The van der Waals surface area contributed by atoms with Gasteiger partial charge in [0.25, 0.3) is 10.0 Å². The topological polar surface area (TPSA) is 69.3 Å². The highest BCUT2D eigenvalue weighted by Gasteiger charge is 2.33. The van der Waals surface area contributed by atoms with Gasteiger partial charge in [0.2, 0.25) is 0 Å². The lowest BCUT2D eigenvalue weighted by Gasteiger charge is -2.37. The minimum Gasteiger partial charge on any atom is -0.298 e. The summed E-state index contributed by atoms with van der Waals surface area (Å²) >= 11 is 5.78. The summed E-state index contributed by atoms with van der Waals surface area (Å²) in [5, 5.41) is 6.53. The van der Waals surface area contributed by atoms with Gasteiger partial charge in [-0.2, -0.15) is 9.40 Å². The minimum absolute atomic E-state index is 0.145. The number of H-pyrrole nitrogens is 1. The number of sulfonamides is 1. The van der Waals surface area contributed by atoms with E-state index in [0.717, 1.165) is 13.1 Å². The molecule has 6 nitrogen and oxygen atoms in total. The van der Waals surface area contributed by atoms with Gasteiger partial charge in [-0.1, -0.05) is 12.8 Å². The summed E-state index contributed by atoms with van der Waals surface area (Å²) < 4.78 is 26.8. The average molecular weight is 333 g/mol. The second-order valence-corrected chi connectivity index (χ2v) is 7.88. The molecule has 1 saturated carbocycles. The van der Waals surface area contributed by atoms with Crippen LogP contribution in [-0.4, -0.2) is 60.0 Å². The van der Waals surface area contributed by atoms with Gasteiger partial charge in [0.05, 0.1) is 12.1 Å². The molecule has 0 bridgehead atoms. The maximum atomic E-state index is 12.6. The van der Waals surface area contributed by atoms with Crippen LogP contribution in [-0.2, 0) is 15.9 Å². The van der Waals surface area contributed by atoms with Crippen molar-refractivity contribution >= 4 is 21.6 Å². The maximum Gasteiger partial charge on any atom is 0.260 e. The van der Waals surface area contributed by atoms with Crippen LogP contribution in [0.2, 0.25) is 0 Å². The van der Waals surface area contributed by atoms with E-state index in [0.29, 0.717) is 24.7 Å². The number of aromatic amines is 1. The van der Waals surface area contributed by atoms with Gasteiger partial charge in [-0.25, -0.2) is 8.42 Å². The fourth-order valence-electron chi connectivity index (χ4n) is 3.33. The number of halogens is 1. The van der Waals surface area contributed by atoms with Crippen molar-refractivity contribution in [2.45, 2.75) is 42.6 Å². The van der Waals surface area contributed by atoms with Crippen LogP contribution in [0.25, 0.3) is 0 Å². The third kappa shape index (κ3) is 2.97. The minimum atomic E-state index is -3.50. The van der Waals surface area contributed by atoms with Gasteiger partial charge in [0.1, 0.15) is 0 Å². The maximum absolute atomic E-state index is 12.6. The zero-order chi connectivity index (χ0) is 14.9. The second kappa shape index (κ2) is 6.24. The Morgan fingerprint density at radius 3 is 2.52 bits per heavy atom. The molecule has 2 fully saturated rings. The number of piperazine rings is 1. The van der Waals surface area contributed by atoms with E-state index in [9.17, 15) is 8.42 Å². The van der Waals surface area contributed by atoms with Crippen LogP contribution in [0.5, 0.6) is 0 Å². The predicted octanol–water partition coefficient (Wildman–Crippen LogP) is 1.40. The van der Waals surface area contributed by atoms with Crippen molar-refractivity contribution in [2.75, 3.05) is 26.2 Å². The van der Waals surface area contributed by atoms with Crippen molar-refractivity contribution in [3.05, 3.63) is 11.8 Å². The van der Waals surface area contributed by atoms with E-state index in [1.807, 2.05) is 0 Å². The summed E-state index contributed by atoms with van der Waals surface area (Å²) in [5.74, 6) is 0.146. The molecule has 0 aromatic carbocycles. The van der Waals surface area contributed by atoms with E-state index >= 15 is 0 Å². The first-order valence-electron chi connectivity index (χ1n) is 7.45. The lowest BCUT2D eigenvalue weighted by Crippen LogP contribution is -2.51.